The molecule has 1 aliphatic rings. The Morgan fingerprint density at radius 2 is 2.14 bits per heavy atom. The van der Waals surface area contributed by atoms with Crippen LogP contribution in [-0.4, -0.2) is 38.0 Å². The maximum atomic E-state index is 5.33. The van der Waals surface area contributed by atoms with Crippen LogP contribution < -0.4 is 5.32 Å². The van der Waals surface area contributed by atoms with Crippen molar-refractivity contribution in [3.63, 3.8) is 0 Å². The van der Waals surface area contributed by atoms with Crippen LogP contribution in [0, 0.1) is 0 Å². The van der Waals surface area contributed by atoms with Crippen molar-refractivity contribution in [2.24, 2.45) is 0 Å². The molecule has 7 nitrogen and oxygen atoms in total. The predicted molar refractivity (Wildman–Crippen MR) is 79.9 cm³/mol. The van der Waals surface area contributed by atoms with Gasteiger partial charge in [0.05, 0.1) is 6.04 Å². The standard InChI is InChI=1S/C15H16N6O/c1-2-12(10-17-6-1)21-9-5-13(19-21)15-18-14(20-22-15)11-3-7-16-8-4-11/h3-5,7-9,12,17H,1-2,6,10H2. The number of rotatable bonds is 3. The topological polar surface area (TPSA) is 81.7 Å². The molecule has 1 atom stereocenters. The van der Waals surface area contributed by atoms with Crippen molar-refractivity contribution in [2.45, 2.75) is 18.9 Å². The lowest BCUT2D eigenvalue weighted by Gasteiger charge is -2.22. The Morgan fingerprint density at radius 3 is 2.95 bits per heavy atom. The van der Waals surface area contributed by atoms with Gasteiger partial charge in [-0.1, -0.05) is 5.16 Å². The Hall–Kier alpha value is -2.54. The highest BCUT2D eigenvalue weighted by Crippen LogP contribution is 2.22. The summed E-state index contributed by atoms with van der Waals surface area (Å²) in [5.74, 6) is 0.987. The molecule has 1 fully saturated rings. The van der Waals surface area contributed by atoms with E-state index >= 15 is 0 Å². The van der Waals surface area contributed by atoms with Gasteiger partial charge in [-0.15, -0.1) is 0 Å². The molecule has 0 bridgehead atoms. The zero-order valence-corrected chi connectivity index (χ0v) is 12.0. The predicted octanol–water partition coefficient (Wildman–Crippen LogP) is 1.92. The van der Waals surface area contributed by atoms with E-state index in [1.54, 1.807) is 12.4 Å². The third kappa shape index (κ3) is 2.50. The lowest BCUT2D eigenvalue weighted by molar-refractivity contribution is 0.346. The van der Waals surface area contributed by atoms with Crippen molar-refractivity contribution in [1.29, 1.82) is 0 Å². The number of nitrogens with one attached hydrogen (secondary N) is 1. The molecule has 1 saturated heterocycles. The van der Waals surface area contributed by atoms with Crippen molar-refractivity contribution in [3.05, 3.63) is 36.8 Å². The van der Waals surface area contributed by atoms with Crippen LogP contribution in [-0.2, 0) is 0 Å². The first-order valence-corrected chi connectivity index (χ1v) is 7.40. The van der Waals surface area contributed by atoms with E-state index in [1.165, 1.54) is 6.42 Å². The van der Waals surface area contributed by atoms with Crippen LogP contribution in [0.3, 0.4) is 0 Å². The molecule has 0 saturated carbocycles. The van der Waals surface area contributed by atoms with Crippen LogP contribution in [0.2, 0.25) is 0 Å². The Labute approximate surface area is 127 Å². The Balaban J connectivity index is 1.58. The first-order chi connectivity index (χ1) is 10.9. The van der Waals surface area contributed by atoms with Crippen LogP contribution in [0.1, 0.15) is 18.9 Å². The van der Waals surface area contributed by atoms with Gasteiger partial charge in [0.1, 0.15) is 0 Å². The molecule has 112 valence electrons. The normalized spacial score (nSPS) is 18.5. The number of piperidine rings is 1. The van der Waals surface area contributed by atoms with Crippen LogP contribution >= 0.6 is 0 Å². The van der Waals surface area contributed by atoms with Crippen molar-refractivity contribution >= 4 is 0 Å². The molecule has 1 aliphatic heterocycles. The van der Waals surface area contributed by atoms with Gasteiger partial charge in [0.2, 0.25) is 5.82 Å². The number of nitrogens with zero attached hydrogens (tertiary/aromatic N) is 5. The number of pyridine rings is 1. The maximum Gasteiger partial charge on any atom is 0.278 e. The van der Waals surface area contributed by atoms with Gasteiger partial charge < -0.3 is 9.84 Å². The molecule has 0 radical (unpaired) electrons. The second-order valence-corrected chi connectivity index (χ2v) is 5.34. The van der Waals surface area contributed by atoms with E-state index in [0.717, 1.165) is 25.1 Å². The van der Waals surface area contributed by atoms with E-state index < -0.39 is 0 Å². The summed E-state index contributed by atoms with van der Waals surface area (Å²) >= 11 is 0. The van der Waals surface area contributed by atoms with E-state index in [1.807, 2.05) is 29.1 Å². The van der Waals surface area contributed by atoms with Gasteiger partial charge in [0, 0.05) is 30.7 Å². The fraction of sp³-hybridized carbons (Fsp3) is 0.333. The third-order valence-electron chi connectivity index (χ3n) is 3.84. The number of hydrogen-bond acceptors (Lipinski definition) is 6. The molecule has 1 unspecified atom stereocenters. The summed E-state index contributed by atoms with van der Waals surface area (Å²) < 4.78 is 7.32. The van der Waals surface area contributed by atoms with E-state index in [9.17, 15) is 0 Å². The zero-order chi connectivity index (χ0) is 14.8. The Kier molecular flexibility index (Phi) is 3.40. The summed E-state index contributed by atoms with van der Waals surface area (Å²) in [7, 11) is 0. The minimum Gasteiger partial charge on any atom is -0.332 e. The fourth-order valence-electron chi connectivity index (χ4n) is 2.66. The molecule has 0 amide bonds. The maximum absolute atomic E-state index is 5.33. The lowest BCUT2D eigenvalue weighted by atomic mass is 10.1. The van der Waals surface area contributed by atoms with Crippen LogP contribution in [0.25, 0.3) is 23.0 Å². The Morgan fingerprint density at radius 1 is 1.23 bits per heavy atom. The molecular formula is C15H16N6O. The summed E-state index contributed by atoms with van der Waals surface area (Å²) in [6.45, 7) is 2.04. The second kappa shape index (κ2) is 5.69. The van der Waals surface area contributed by atoms with Gasteiger partial charge >= 0.3 is 0 Å². The highest BCUT2D eigenvalue weighted by Gasteiger charge is 2.18. The van der Waals surface area contributed by atoms with Crippen LogP contribution in [0.4, 0.5) is 0 Å². The van der Waals surface area contributed by atoms with Gasteiger partial charge in [-0.05, 0) is 37.6 Å². The molecule has 4 rings (SSSR count). The molecule has 0 spiro atoms. The quantitative estimate of drug-likeness (QED) is 0.795. The summed E-state index contributed by atoms with van der Waals surface area (Å²) in [5, 5.41) is 12.0. The molecule has 4 heterocycles. The third-order valence-corrected chi connectivity index (χ3v) is 3.84. The molecule has 22 heavy (non-hydrogen) atoms. The molecule has 0 aliphatic carbocycles. The van der Waals surface area contributed by atoms with Gasteiger partial charge in [-0.25, -0.2) is 0 Å². The van der Waals surface area contributed by atoms with Gasteiger partial charge in [-0.2, -0.15) is 10.1 Å². The Bertz CT molecular complexity index is 744. The van der Waals surface area contributed by atoms with Crippen LogP contribution in [0.5, 0.6) is 0 Å². The van der Waals surface area contributed by atoms with Crippen molar-refractivity contribution in [3.8, 4) is 23.0 Å². The summed E-state index contributed by atoms with van der Waals surface area (Å²) in [5.41, 5.74) is 1.58. The average molecular weight is 296 g/mol. The molecule has 0 aromatic carbocycles. The highest BCUT2D eigenvalue weighted by molar-refractivity contribution is 5.56. The minimum absolute atomic E-state index is 0.394. The number of hydrogen-bond donors (Lipinski definition) is 1. The minimum atomic E-state index is 0.394. The summed E-state index contributed by atoms with van der Waals surface area (Å²) in [6.07, 6.45) is 7.70. The van der Waals surface area contributed by atoms with Gasteiger partial charge in [-0.3, -0.25) is 9.67 Å². The monoisotopic (exact) mass is 296 g/mol. The van der Waals surface area contributed by atoms with Crippen LogP contribution in [0.15, 0.2) is 41.3 Å². The van der Waals surface area contributed by atoms with E-state index in [2.05, 4.69) is 25.5 Å². The largest absolute Gasteiger partial charge is 0.332 e. The highest BCUT2D eigenvalue weighted by atomic mass is 16.5. The molecule has 3 aromatic heterocycles. The zero-order valence-electron chi connectivity index (χ0n) is 12.0. The smallest absolute Gasteiger partial charge is 0.278 e. The van der Waals surface area contributed by atoms with E-state index in [4.69, 9.17) is 4.52 Å². The van der Waals surface area contributed by atoms with Crippen molar-refractivity contribution in [1.82, 2.24) is 30.2 Å². The van der Waals surface area contributed by atoms with Gasteiger partial charge in [0.25, 0.3) is 5.89 Å². The van der Waals surface area contributed by atoms with Crippen molar-refractivity contribution < 1.29 is 4.52 Å². The summed E-state index contributed by atoms with van der Waals surface area (Å²) in [4.78, 5) is 8.40. The first kappa shape index (κ1) is 13.1. The number of aromatic nitrogens is 5. The lowest BCUT2D eigenvalue weighted by Crippen LogP contribution is -2.31. The van der Waals surface area contributed by atoms with E-state index in [-0.39, 0.29) is 0 Å². The van der Waals surface area contributed by atoms with E-state index in [0.29, 0.717) is 23.5 Å². The molecule has 3 aromatic rings. The SMILES string of the molecule is c1cc(-c2noc(-c3ccn(C4CCCNC4)n3)n2)ccn1. The molecule has 7 heteroatoms. The van der Waals surface area contributed by atoms with Crippen molar-refractivity contribution in [2.75, 3.05) is 13.1 Å². The second-order valence-electron chi connectivity index (χ2n) is 5.34. The first-order valence-electron chi connectivity index (χ1n) is 7.40. The summed E-state index contributed by atoms with van der Waals surface area (Å²) in [6, 6.07) is 6.01. The fourth-order valence-corrected chi connectivity index (χ4v) is 2.66. The molecule has 1 N–H and O–H groups in total. The average Bonchev–Trinajstić information content (AvgIpc) is 3.26. The molecular weight excluding hydrogens is 280 g/mol. The van der Waals surface area contributed by atoms with Gasteiger partial charge in [0.15, 0.2) is 5.69 Å².